The Morgan fingerprint density at radius 2 is 1.65 bits per heavy atom. The lowest BCUT2D eigenvalue weighted by atomic mass is 9.99. The molecule has 0 saturated carbocycles. The van der Waals surface area contributed by atoms with Crippen LogP contribution >= 0.6 is 0 Å². The van der Waals surface area contributed by atoms with Gasteiger partial charge in [0, 0.05) is 50.1 Å². The van der Waals surface area contributed by atoms with Crippen LogP contribution in [0.15, 0.2) is 48.8 Å². The first-order valence-electron chi connectivity index (χ1n) is 8.77. The summed E-state index contributed by atoms with van der Waals surface area (Å²) in [7, 11) is 0. The number of hydrogen-bond donors (Lipinski definition) is 0. The molecule has 1 atom stereocenters. The molecular weight excluding hydrogens is 333 g/mol. The molecule has 1 fully saturated rings. The minimum Gasteiger partial charge on any atom is -0.339 e. The molecule has 2 aromatic rings. The Morgan fingerprint density at radius 3 is 2.31 bits per heavy atom. The van der Waals surface area contributed by atoms with Crippen LogP contribution in [0.25, 0.3) is 0 Å². The number of pyridine rings is 1. The van der Waals surface area contributed by atoms with Gasteiger partial charge in [0.05, 0.1) is 0 Å². The summed E-state index contributed by atoms with van der Waals surface area (Å²) in [6, 6.07) is 9.93. The Bertz CT molecular complexity index is 774. The second kappa shape index (κ2) is 8.08. The van der Waals surface area contributed by atoms with Crippen LogP contribution in [0.5, 0.6) is 0 Å². The Kier molecular flexibility index (Phi) is 5.61. The summed E-state index contributed by atoms with van der Waals surface area (Å²) in [5.74, 6) is -0.613. The third kappa shape index (κ3) is 4.07. The first-order chi connectivity index (χ1) is 12.6. The first-order valence-corrected chi connectivity index (χ1v) is 8.77. The van der Waals surface area contributed by atoms with Crippen LogP contribution in [0.4, 0.5) is 4.39 Å². The van der Waals surface area contributed by atoms with Crippen molar-refractivity contribution in [3.63, 3.8) is 0 Å². The van der Waals surface area contributed by atoms with E-state index in [2.05, 4.69) is 4.98 Å². The van der Waals surface area contributed by atoms with Gasteiger partial charge in [0.25, 0.3) is 5.91 Å². The highest BCUT2D eigenvalue weighted by molar-refractivity contribution is 5.94. The second-order valence-electron chi connectivity index (χ2n) is 6.55. The molecule has 0 spiro atoms. The van der Waals surface area contributed by atoms with E-state index in [1.54, 1.807) is 52.5 Å². The van der Waals surface area contributed by atoms with E-state index in [9.17, 15) is 14.0 Å². The summed E-state index contributed by atoms with van der Waals surface area (Å²) in [6.45, 7) is 3.82. The van der Waals surface area contributed by atoms with Gasteiger partial charge >= 0.3 is 0 Å². The summed E-state index contributed by atoms with van der Waals surface area (Å²) in [4.78, 5) is 32.5. The zero-order valence-corrected chi connectivity index (χ0v) is 14.8. The predicted octanol–water partition coefficient (Wildman–Crippen LogP) is 2.38. The van der Waals surface area contributed by atoms with E-state index in [0.29, 0.717) is 43.7 Å². The molecule has 1 saturated heterocycles. The molecule has 0 aliphatic carbocycles. The Hall–Kier alpha value is -2.76. The third-order valence-corrected chi connectivity index (χ3v) is 4.71. The van der Waals surface area contributed by atoms with E-state index >= 15 is 0 Å². The number of benzene rings is 1. The predicted molar refractivity (Wildman–Crippen MR) is 96.0 cm³/mol. The van der Waals surface area contributed by atoms with Crippen LogP contribution in [0.3, 0.4) is 0 Å². The molecule has 1 aromatic heterocycles. The summed E-state index contributed by atoms with van der Waals surface area (Å²) >= 11 is 0. The van der Waals surface area contributed by atoms with Gasteiger partial charge in [-0.3, -0.25) is 14.6 Å². The van der Waals surface area contributed by atoms with Crippen LogP contribution in [0.1, 0.15) is 22.8 Å². The van der Waals surface area contributed by atoms with Crippen molar-refractivity contribution >= 4 is 11.8 Å². The zero-order chi connectivity index (χ0) is 18.5. The number of carbonyl (C=O) groups excluding carboxylic acids is 2. The fraction of sp³-hybridized carbons (Fsp3) is 0.350. The Morgan fingerprint density at radius 1 is 1.04 bits per heavy atom. The number of piperazine rings is 1. The number of hydrogen-bond acceptors (Lipinski definition) is 3. The van der Waals surface area contributed by atoms with E-state index in [1.807, 2.05) is 6.92 Å². The summed E-state index contributed by atoms with van der Waals surface area (Å²) in [6.07, 6.45) is 3.57. The van der Waals surface area contributed by atoms with Crippen molar-refractivity contribution in [3.8, 4) is 0 Å². The van der Waals surface area contributed by atoms with Crippen molar-refractivity contribution in [1.29, 1.82) is 0 Å². The first kappa shape index (κ1) is 18.0. The number of carbonyl (C=O) groups is 2. The number of amides is 2. The van der Waals surface area contributed by atoms with Crippen molar-refractivity contribution in [3.05, 3.63) is 65.7 Å². The van der Waals surface area contributed by atoms with E-state index in [1.165, 1.54) is 6.07 Å². The lowest BCUT2D eigenvalue weighted by molar-refractivity contribution is -0.136. The highest BCUT2D eigenvalue weighted by Gasteiger charge is 2.27. The Balaban J connectivity index is 1.55. The third-order valence-electron chi connectivity index (χ3n) is 4.71. The fourth-order valence-electron chi connectivity index (χ4n) is 3.20. The number of aromatic nitrogens is 1. The zero-order valence-electron chi connectivity index (χ0n) is 14.8. The molecule has 0 N–H and O–H groups in total. The highest BCUT2D eigenvalue weighted by atomic mass is 19.1. The van der Waals surface area contributed by atoms with Crippen molar-refractivity contribution in [2.24, 2.45) is 5.92 Å². The van der Waals surface area contributed by atoms with Crippen LogP contribution in [-0.2, 0) is 11.2 Å². The van der Waals surface area contributed by atoms with Crippen molar-refractivity contribution in [2.45, 2.75) is 13.3 Å². The standard InChI is InChI=1S/C20H22FN3O2/c1-15(14-17-4-2-3-5-18(17)21)19(25)23-10-12-24(13-11-23)20(26)16-6-8-22-9-7-16/h2-9,15H,10-14H2,1H3/t15-/m1/s1. The fourth-order valence-corrected chi connectivity index (χ4v) is 3.20. The normalized spacial score (nSPS) is 15.6. The largest absolute Gasteiger partial charge is 0.339 e. The molecule has 6 heteroatoms. The quantitative estimate of drug-likeness (QED) is 0.846. The molecule has 26 heavy (non-hydrogen) atoms. The SMILES string of the molecule is C[C@H](Cc1ccccc1F)C(=O)N1CCN(C(=O)c2ccncc2)CC1. The molecule has 3 rings (SSSR count). The maximum absolute atomic E-state index is 13.8. The van der Waals surface area contributed by atoms with Crippen LogP contribution in [0, 0.1) is 11.7 Å². The monoisotopic (exact) mass is 355 g/mol. The smallest absolute Gasteiger partial charge is 0.254 e. The lowest BCUT2D eigenvalue weighted by Gasteiger charge is -2.36. The molecule has 1 aliphatic rings. The molecule has 5 nitrogen and oxygen atoms in total. The molecule has 2 heterocycles. The second-order valence-corrected chi connectivity index (χ2v) is 6.55. The molecule has 1 aliphatic heterocycles. The van der Waals surface area contributed by atoms with E-state index in [4.69, 9.17) is 0 Å². The molecular formula is C20H22FN3O2. The van der Waals surface area contributed by atoms with Gasteiger partial charge in [0.1, 0.15) is 5.82 Å². The number of rotatable bonds is 4. The van der Waals surface area contributed by atoms with Crippen molar-refractivity contribution < 1.29 is 14.0 Å². The lowest BCUT2D eigenvalue weighted by Crippen LogP contribution is -2.51. The van der Waals surface area contributed by atoms with Gasteiger partial charge < -0.3 is 9.80 Å². The molecule has 0 unspecified atom stereocenters. The maximum Gasteiger partial charge on any atom is 0.254 e. The minimum absolute atomic E-state index is 0.00395. The van der Waals surface area contributed by atoms with Gasteiger partial charge in [-0.15, -0.1) is 0 Å². The summed E-state index contributed by atoms with van der Waals surface area (Å²) in [5, 5.41) is 0. The molecule has 136 valence electrons. The van der Waals surface area contributed by atoms with Gasteiger partial charge in [-0.25, -0.2) is 4.39 Å². The molecule has 0 bridgehead atoms. The van der Waals surface area contributed by atoms with Gasteiger partial charge in [0.2, 0.25) is 5.91 Å². The average molecular weight is 355 g/mol. The van der Waals surface area contributed by atoms with Crippen molar-refractivity contribution in [2.75, 3.05) is 26.2 Å². The highest BCUT2D eigenvalue weighted by Crippen LogP contribution is 2.16. The minimum atomic E-state index is -0.297. The van der Waals surface area contributed by atoms with Crippen LogP contribution in [0.2, 0.25) is 0 Å². The topological polar surface area (TPSA) is 53.5 Å². The van der Waals surface area contributed by atoms with Gasteiger partial charge in [0.15, 0.2) is 0 Å². The van der Waals surface area contributed by atoms with Crippen LogP contribution in [-0.4, -0.2) is 52.8 Å². The number of halogens is 1. The summed E-state index contributed by atoms with van der Waals surface area (Å²) in [5.41, 5.74) is 1.16. The van der Waals surface area contributed by atoms with Gasteiger partial charge in [-0.2, -0.15) is 0 Å². The van der Waals surface area contributed by atoms with Crippen molar-refractivity contribution in [1.82, 2.24) is 14.8 Å². The summed E-state index contributed by atoms with van der Waals surface area (Å²) < 4.78 is 13.8. The van der Waals surface area contributed by atoms with Crippen LogP contribution < -0.4 is 0 Å². The van der Waals surface area contributed by atoms with Gasteiger partial charge in [-0.05, 0) is 30.2 Å². The van der Waals surface area contributed by atoms with E-state index in [0.717, 1.165) is 0 Å². The molecule has 2 amide bonds. The molecule has 1 aromatic carbocycles. The maximum atomic E-state index is 13.8. The average Bonchev–Trinajstić information content (AvgIpc) is 2.69. The number of nitrogens with zero attached hydrogens (tertiary/aromatic N) is 3. The van der Waals surface area contributed by atoms with E-state index in [-0.39, 0.29) is 23.5 Å². The van der Waals surface area contributed by atoms with E-state index < -0.39 is 0 Å². The molecule has 0 radical (unpaired) electrons. The van der Waals surface area contributed by atoms with Gasteiger partial charge in [-0.1, -0.05) is 25.1 Å². The Labute approximate surface area is 152 Å².